The van der Waals surface area contributed by atoms with E-state index in [1.165, 1.54) is 43.9 Å². The second-order valence-electron chi connectivity index (χ2n) is 8.03. The molecule has 0 unspecified atom stereocenters. The third kappa shape index (κ3) is 5.70. The van der Waals surface area contributed by atoms with E-state index in [1.807, 2.05) is 48.6 Å². The fourth-order valence-corrected chi connectivity index (χ4v) is 5.13. The number of thiocarbonyl (C=S) groups is 1. The maximum atomic E-state index is 13.0. The van der Waals surface area contributed by atoms with Crippen LogP contribution in [-0.2, 0) is 14.3 Å². The summed E-state index contributed by atoms with van der Waals surface area (Å²) < 4.78 is 17.4. The SMILES string of the molecule is CCCCCCCCOc1ccc(/C=C2\SC(=S)N(C3=C[C@H]4OCO[C@H]4C=C3)C2=O)cc1. The number of rotatable bonds is 10. The fraction of sp³-hybridized carbons (Fsp3) is 0.440. The third-order valence-corrected chi connectivity index (χ3v) is 6.94. The van der Waals surface area contributed by atoms with Crippen LogP contribution in [0.4, 0.5) is 0 Å². The van der Waals surface area contributed by atoms with Gasteiger partial charge in [-0.1, -0.05) is 81.2 Å². The highest BCUT2D eigenvalue weighted by atomic mass is 32.2. The Morgan fingerprint density at radius 1 is 1.12 bits per heavy atom. The van der Waals surface area contributed by atoms with Crippen molar-refractivity contribution >= 4 is 40.3 Å². The van der Waals surface area contributed by atoms with Crippen molar-refractivity contribution in [3.63, 3.8) is 0 Å². The number of fused-ring (bicyclic) bond motifs is 1. The van der Waals surface area contributed by atoms with E-state index in [9.17, 15) is 4.79 Å². The number of carbonyl (C=O) groups excluding carboxylic acids is 1. The van der Waals surface area contributed by atoms with Crippen molar-refractivity contribution in [3.8, 4) is 5.75 Å². The second-order valence-corrected chi connectivity index (χ2v) is 9.71. The van der Waals surface area contributed by atoms with Crippen LogP contribution in [0, 0.1) is 0 Å². The lowest BCUT2D eigenvalue weighted by Gasteiger charge is -2.22. The molecule has 2 saturated heterocycles. The minimum Gasteiger partial charge on any atom is -0.494 e. The molecule has 0 bridgehead atoms. The number of nitrogens with zero attached hydrogens (tertiary/aromatic N) is 1. The van der Waals surface area contributed by atoms with E-state index >= 15 is 0 Å². The van der Waals surface area contributed by atoms with Gasteiger partial charge in [0, 0.05) is 5.70 Å². The van der Waals surface area contributed by atoms with Gasteiger partial charge in [-0.05, 0) is 42.3 Å². The first kappa shape index (κ1) is 23.2. The number of carbonyl (C=O) groups is 1. The van der Waals surface area contributed by atoms with Crippen molar-refractivity contribution in [2.45, 2.75) is 57.7 Å². The van der Waals surface area contributed by atoms with Crippen LogP contribution in [0.2, 0.25) is 0 Å². The lowest BCUT2D eigenvalue weighted by atomic mass is 10.1. The lowest BCUT2D eigenvalue weighted by molar-refractivity contribution is -0.120. The molecule has 32 heavy (non-hydrogen) atoms. The molecule has 2 atom stereocenters. The molecule has 2 fully saturated rings. The van der Waals surface area contributed by atoms with Gasteiger partial charge in [-0.15, -0.1) is 0 Å². The number of hydrogen-bond donors (Lipinski definition) is 0. The van der Waals surface area contributed by atoms with Crippen molar-refractivity contribution in [2.24, 2.45) is 0 Å². The smallest absolute Gasteiger partial charge is 0.270 e. The molecule has 0 saturated carbocycles. The van der Waals surface area contributed by atoms with E-state index in [2.05, 4.69) is 6.92 Å². The average Bonchev–Trinajstić information content (AvgIpc) is 3.37. The van der Waals surface area contributed by atoms with Gasteiger partial charge in [0.25, 0.3) is 5.91 Å². The van der Waals surface area contributed by atoms with Gasteiger partial charge in [0.1, 0.15) is 24.8 Å². The van der Waals surface area contributed by atoms with Crippen LogP contribution in [0.5, 0.6) is 5.75 Å². The molecule has 4 rings (SSSR count). The first-order valence-corrected chi connectivity index (χ1v) is 12.5. The molecule has 5 nitrogen and oxygen atoms in total. The van der Waals surface area contributed by atoms with Gasteiger partial charge in [0.05, 0.1) is 11.5 Å². The molecule has 0 N–H and O–H groups in total. The zero-order chi connectivity index (χ0) is 22.3. The number of benzene rings is 1. The number of hydrogen-bond acceptors (Lipinski definition) is 6. The van der Waals surface area contributed by atoms with E-state index in [-0.39, 0.29) is 24.9 Å². The summed E-state index contributed by atoms with van der Waals surface area (Å²) >= 11 is 6.80. The van der Waals surface area contributed by atoms with Crippen LogP contribution in [0.1, 0.15) is 51.0 Å². The maximum absolute atomic E-state index is 13.0. The van der Waals surface area contributed by atoms with Crippen molar-refractivity contribution < 1.29 is 19.0 Å². The van der Waals surface area contributed by atoms with Crippen LogP contribution in [0.15, 0.2) is 53.1 Å². The first-order valence-electron chi connectivity index (χ1n) is 11.3. The predicted molar refractivity (Wildman–Crippen MR) is 132 cm³/mol. The number of ether oxygens (including phenoxy) is 3. The van der Waals surface area contributed by atoms with Gasteiger partial charge < -0.3 is 14.2 Å². The molecular weight excluding hydrogens is 442 g/mol. The average molecular weight is 472 g/mol. The van der Waals surface area contributed by atoms with Gasteiger partial charge in [-0.3, -0.25) is 9.69 Å². The van der Waals surface area contributed by atoms with Gasteiger partial charge >= 0.3 is 0 Å². The first-order chi connectivity index (χ1) is 15.7. The van der Waals surface area contributed by atoms with Crippen LogP contribution >= 0.6 is 24.0 Å². The summed E-state index contributed by atoms with van der Waals surface area (Å²) in [5, 5.41) is 0. The van der Waals surface area contributed by atoms with Gasteiger partial charge in [-0.2, -0.15) is 0 Å². The quantitative estimate of drug-likeness (QED) is 0.243. The molecule has 3 aliphatic rings. The molecule has 0 aromatic heterocycles. The molecule has 7 heteroatoms. The highest BCUT2D eigenvalue weighted by Crippen LogP contribution is 2.37. The summed E-state index contributed by atoms with van der Waals surface area (Å²) in [6, 6.07) is 7.84. The molecular formula is C25H29NO4S2. The summed E-state index contributed by atoms with van der Waals surface area (Å²) in [5.74, 6) is 0.741. The standard InChI is InChI=1S/C25H29NO4S2/c1-2-3-4-5-6-7-14-28-20-11-8-18(9-12-20)15-23-24(27)26(25(31)32-23)19-10-13-21-22(16-19)30-17-29-21/h8-13,15-16,21-22H,2-7,14,17H2,1H3/b23-15-/t21-,22+/m0/s1. The number of allylic oxidation sites excluding steroid dienone is 1. The molecule has 1 amide bonds. The van der Waals surface area contributed by atoms with Gasteiger partial charge in [0.15, 0.2) is 4.32 Å². The van der Waals surface area contributed by atoms with E-state index < -0.39 is 0 Å². The topological polar surface area (TPSA) is 48.0 Å². The van der Waals surface area contributed by atoms with Crippen LogP contribution < -0.4 is 4.74 Å². The minimum absolute atomic E-state index is 0.0884. The van der Waals surface area contributed by atoms with Crippen molar-refractivity contribution in [1.82, 2.24) is 4.90 Å². The van der Waals surface area contributed by atoms with E-state index in [0.29, 0.717) is 9.23 Å². The van der Waals surface area contributed by atoms with Crippen molar-refractivity contribution in [2.75, 3.05) is 13.4 Å². The largest absolute Gasteiger partial charge is 0.494 e. The van der Waals surface area contributed by atoms with Crippen molar-refractivity contribution in [1.29, 1.82) is 0 Å². The fourth-order valence-electron chi connectivity index (χ4n) is 3.83. The normalized spacial score (nSPS) is 23.7. The Kier molecular flexibility index (Phi) is 8.19. The van der Waals surface area contributed by atoms with Crippen molar-refractivity contribution in [3.05, 3.63) is 58.7 Å². The minimum atomic E-state index is -0.174. The zero-order valence-corrected chi connectivity index (χ0v) is 20.0. The summed E-state index contributed by atoms with van der Waals surface area (Å²) in [6.45, 7) is 3.24. The van der Waals surface area contributed by atoms with Gasteiger partial charge in [0.2, 0.25) is 0 Å². The van der Waals surface area contributed by atoms with E-state index in [4.69, 9.17) is 26.4 Å². The zero-order valence-electron chi connectivity index (χ0n) is 18.3. The Hall–Kier alpha value is -1.93. The molecule has 0 radical (unpaired) electrons. The number of amides is 1. The van der Waals surface area contributed by atoms with Gasteiger partial charge in [-0.25, -0.2) is 0 Å². The Morgan fingerprint density at radius 3 is 2.69 bits per heavy atom. The van der Waals surface area contributed by atoms with Crippen LogP contribution in [0.25, 0.3) is 6.08 Å². The molecule has 2 aliphatic heterocycles. The summed E-state index contributed by atoms with van der Waals surface area (Å²) in [7, 11) is 0. The Labute approximate surface area is 199 Å². The highest BCUT2D eigenvalue weighted by Gasteiger charge is 2.37. The Balaban J connectivity index is 1.31. The maximum Gasteiger partial charge on any atom is 0.270 e. The molecule has 1 aliphatic carbocycles. The van der Waals surface area contributed by atoms with E-state index in [1.54, 1.807) is 4.90 Å². The lowest BCUT2D eigenvalue weighted by Crippen LogP contribution is -2.31. The van der Waals surface area contributed by atoms with E-state index in [0.717, 1.165) is 30.0 Å². The molecule has 2 heterocycles. The number of unbranched alkanes of at least 4 members (excludes halogenated alkanes) is 5. The predicted octanol–water partition coefficient (Wildman–Crippen LogP) is 5.82. The Morgan fingerprint density at radius 2 is 1.88 bits per heavy atom. The van der Waals surface area contributed by atoms with Crippen LogP contribution in [0.3, 0.4) is 0 Å². The molecule has 1 aromatic carbocycles. The molecule has 170 valence electrons. The second kappa shape index (κ2) is 11.3. The molecule has 0 spiro atoms. The summed E-state index contributed by atoms with van der Waals surface area (Å²) in [6.07, 6.45) is 14.8. The van der Waals surface area contributed by atoms with Crippen LogP contribution in [-0.4, -0.2) is 40.7 Å². The molecule has 1 aromatic rings. The Bertz CT molecular complexity index is 922. The highest BCUT2D eigenvalue weighted by molar-refractivity contribution is 8.26. The summed E-state index contributed by atoms with van der Waals surface area (Å²) in [4.78, 5) is 15.2. The summed E-state index contributed by atoms with van der Waals surface area (Å²) in [5.41, 5.74) is 1.68. The monoisotopic (exact) mass is 471 g/mol. The third-order valence-electron chi connectivity index (χ3n) is 5.63. The number of thioether (sulfide) groups is 1.